The van der Waals surface area contributed by atoms with Crippen LogP contribution in [0, 0.1) is 5.41 Å². The molecule has 0 radical (unpaired) electrons. The largest absolute Gasteiger partial charge is 0.465 e. The molecule has 2 aromatic heterocycles. The Morgan fingerprint density at radius 3 is 2.42 bits per heavy atom. The molecule has 0 atom stereocenters. The van der Waals surface area contributed by atoms with E-state index >= 15 is 0 Å². The first-order valence-corrected chi connectivity index (χ1v) is 10.1. The molecule has 176 valence electrons. The van der Waals surface area contributed by atoms with Gasteiger partial charge in [-0.15, -0.1) is 10.2 Å². The van der Waals surface area contributed by atoms with E-state index in [1.165, 1.54) is 23.2 Å². The number of hydrogen-bond donors (Lipinski definition) is 2. The third-order valence-corrected chi connectivity index (χ3v) is 4.51. The van der Waals surface area contributed by atoms with Crippen LogP contribution in [0.15, 0.2) is 47.0 Å². The number of alkyl halides is 3. The van der Waals surface area contributed by atoms with Crippen molar-refractivity contribution in [2.45, 2.75) is 33.4 Å². The molecule has 0 saturated carbocycles. The smallest absolute Gasteiger partial charge is 0.416 e. The third-order valence-electron chi connectivity index (χ3n) is 4.51. The maximum atomic E-state index is 12.8. The van der Waals surface area contributed by atoms with Gasteiger partial charge in [0.2, 0.25) is 5.89 Å². The van der Waals surface area contributed by atoms with Gasteiger partial charge in [-0.3, -0.25) is 0 Å². The number of aromatic nitrogens is 3. The number of carbonyl (C=O) groups is 1. The van der Waals surface area contributed by atoms with E-state index in [9.17, 15) is 23.1 Å². The number of hydrogen-bond acceptors (Lipinski definition) is 6. The van der Waals surface area contributed by atoms with E-state index < -0.39 is 17.8 Å². The van der Waals surface area contributed by atoms with Crippen LogP contribution in [-0.4, -0.2) is 44.4 Å². The molecule has 2 N–H and O–H groups in total. The van der Waals surface area contributed by atoms with Gasteiger partial charge in [0.25, 0.3) is 5.89 Å². The van der Waals surface area contributed by atoms with Crippen molar-refractivity contribution >= 4 is 17.6 Å². The average Bonchev–Trinajstić information content (AvgIpc) is 3.19. The average molecular weight is 463 g/mol. The van der Waals surface area contributed by atoms with E-state index in [1.807, 2.05) is 20.8 Å². The second-order valence-corrected chi connectivity index (χ2v) is 8.62. The highest BCUT2D eigenvalue weighted by molar-refractivity contribution is 5.73. The Kier molecular flexibility index (Phi) is 6.89. The zero-order valence-electron chi connectivity index (χ0n) is 18.3. The van der Waals surface area contributed by atoms with Gasteiger partial charge in [-0.25, -0.2) is 9.78 Å². The highest BCUT2D eigenvalue weighted by Crippen LogP contribution is 2.32. The van der Waals surface area contributed by atoms with Crippen molar-refractivity contribution in [3.05, 3.63) is 54.0 Å². The predicted molar refractivity (Wildman–Crippen MR) is 115 cm³/mol. The molecular weight excluding hydrogens is 439 g/mol. The number of halogens is 3. The van der Waals surface area contributed by atoms with Crippen LogP contribution in [0.4, 0.5) is 29.5 Å². The maximum absolute atomic E-state index is 12.8. The molecule has 3 aromatic rings. The van der Waals surface area contributed by atoms with Gasteiger partial charge in [-0.2, -0.15) is 13.2 Å². The summed E-state index contributed by atoms with van der Waals surface area (Å²) in [5, 5.41) is 20.4. The summed E-state index contributed by atoms with van der Waals surface area (Å²) < 4.78 is 44.0. The van der Waals surface area contributed by atoms with Crippen LogP contribution in [0.5, 0.6) is 0 Å². The molecule has 0 spiro atoms. The Bertz CT molecular complexity index is 1090. The maximum Gasteiger partial charge on any atom is 0.416 e. The van der Waals surface area contributed by atoms with Gasteiger partial charge in [-0.1, -0.05) is 20.8 Å². The fourth-order valence-corrected chi connectivity index (χ4v) is 3.07. The predicted octanol–water partition coefficient (Wildman–Crippen LogP) is 5.46. The minimum Gasteiger partial charge on any atom is -0.465 e. The number of nitrogens with one attached hydrogen (secondary N) is 1. The molecule has 1 aromatic carbocycles. The summed E-state index contributed by atoms with van der Waals surface area (Å²) in [6.45, 7) is 6.38. The van der Waals surface area contributed by atoms with Crippen LogP contribution in [0.25, 0.3) is 11.5 Å². The minimum absolute atomic E-state index is 0.158. The first kappa shape index (κ1) is 24.0. The fraction of sp³-hybridized carbons (Fsp3) is 0.364. The summed E-state index contributed by atoms with van der Waals surface area (Å²) in [5.74, 6) is 0.743. The van der Waals surface area contributed by atoms with Crippen molar-refractivity contribution in [3.8, 4) is 11.5 Å². The van der Waals surface area contributed by atoms with Crippen LogP contribution in [0.1, 0.15) is 32.2 Å². The molecule has 0 bridgehead atoms. The minimum atomic E-state index is -4.42. The highest BCUT2D eigenvalue weighted by Gasteiger charge is 2.30. The molecule has 33 heavy (non-hydrogen) atoms. The molecule has 0 saturated heterocycles. The van der Waals surface area contributed by atoms with E-state index in [-0.39, 0.29) is 30.2 Å². The molecule has 1 amide bonds. The number of pyridine rings is 1. The SMILES string of the molecule is CC(C)(C)CN(CCc1nnc(-c2cccnc2Nc2ccc(C(F)(F)F)cc2)o1)C(=O)O. The van der Waals surface area contributed by atoms with Gasteiger partial charge < -0.3 is 19.7 Å². The van der Waals surface area contributed by atoms with Gasteiger partial charge >= 0.3 is 12.3 Å². The molecular formula is C22H24F3N5O3. The van der Waals surface area contributed by atoms with Gasteiger partial charge in [-0.05, 0) is 41.8 Å². The van der Waals surface area contributed by atoms with Crippen LogP contribution in [0.3, 0.4) is 0 Å². The van der Waals surface area contributed by atoms with Crippen LogP contribution in [-0.2, 0) is 12.6 Å². The quantitative estimate of drug-likeness (QED) is 0.479. The Balaban J connectivity index is 1.73. The highest BCUT2D eigenvalue weighted by atomic mass is 19.4. The number of benzene rings is 1. The Hall–Kier alpha value is -3.63. The summed E-state index contributed by atoms with van der Waals surface area (Å²) in [5.41, 5.74) is -0.0897. The van der Waals surface area contributed by atoms with E-state index in [2.05, 4.69) is 20.5 Å². The lowest BCUT2D eigenvalue weighted by Gasteiger charge is -2.27. The summed E-state index contributed by atoms with van der Waals surface area (Å²) in [7, 11) is 0. The van der Waals surface area contributed by atoms with E-state index in [0.717, 1.165) is 12.1 Å². The molecule has 0 aliphatic carbocycles. The van der Waals surface area contributed by atoms with Gasteiger partial charge in [0.05, 0.1) is 11.1 Å². The number of anilines is 2. The molecule has 11 heteroatoms. The molecule has 0 unspecified atom stereocenters. The van der Waals surface area contributed by atoms with E-state index in [4.69, 9.17) is 4.42 Å². The molecule has 8 nitrogen and oxygen atoms in total. The molecule has 0 aliphatic rings. The molecule has 0 fully saturated rings. The lowest BCUT2D eigenvalue weighted by Crippen LogP contribution is -2.38. The second-order valence-electron chi connectivity index (χ2n) is 8.62. The standard InChI is InChI=1S/C22H24F3N5O3/c1-21(2,3)13-30(20(31)32)12-10-17-28-29-19(33-17)16-5-4-11-26-18(16)27-15-8-6-14(7-9-15)22(23,24)25/h4-9,11H,10,12-13H2,1-3H3,(H,26,27)(H,31,32). The Morgan fingerprint density at radius 1 is 1.12 bits per heavy atom. The van der Waals surface area contributed by atoms with Gasteiger partial charge in [0, 0.05) is 31.4 Å². The molecule has 0 aliphatic heterocycles. The fourth-order valence-electron chi connectivity index (χ4n) is 3.07. The van der Waals surface area contributed by atoms with E-state index in [0.29, 0.717) is 23.6 Å². The molecule has 3 rings (SSSR count). The summed E-state index contributed by atoms with van der Waals surface area (Å²) in [6, 6.07) is 7.89. The number of rotatable bonds is 7. The summed E-state index contributed by atoms with van der Waals surface area (Å²) >= 11 is 0. The zero-order valence-corrected chi connectivity index (χ0v) is 18.3. The first-order chi connectivity index (χ1) is 15.4. The Labute approximate surface area is 188 Å². The third kappa shape index (κ3) is 6.67. The van der Waals surface area contributed by atoms with Crippen molar-refractivity contribution in [2.24, 2.45) is 5.41 Å². The normalized spacial score (nSPS) is 11.9. The lowest BCUT2D eigenvalue weighted by atomic mass is 9.96. The lowest BCUT2D eigenvalue weighted by molar-refractivity contribution is -0.137. The number of nitrogens with zero attached hydrogens (tertiary/aromatic N) is 4. The number of amides is 1. The van der Waals surface area contributed by atoms with E-state index in [1.54, 1.807) is 12.1 Å². The van der Waals surface area contributed by atoms with Crippen molar-refractivity contribution in [1.29, 1.82) is 0 Å². The van der Waals surface area contributed by atoms with Crippen LogP contribution < -0.4 is 5.32 Å². The zero-order chi connectivity index (χ0) is 24.2. The topological polar surface area (TPSA) is 104 Å². The van der Waals surface area contributed by atoms with Crippen molar-refractivity contribution < 1.29 is 27.5 Å². The first-order valence-electron chi connectivity index (χ1n) is 10.1. The number of carboxylic acid groups (broad SMARTS) is 1. The van der Waals surface area contributed by atoms with Crippen molar-refractivity contribution in [2.75, 3.05) is 18.4 Å². The summed E-state index contributed by atoms with van der Waals surface area (Å²) in [6.07, 6.45) is -3.69. The monoisotopic (exact) mass is 463 g/mol. The van der Waals surface area contributed by atoms with Crippen LogP contribution >= 0.6 is 0 Å². The summed E-state index contributed by atoms with van der Waals surface area (Å²) in [4.78, 5) is 17.0. The van der Waals surface area contributed by atoms with Crippen LogP contribution in [0.2, 0.25) is 0 Å². The Morgan fingerprint density at radius 2 is 1.82 bits per heavy atom. The van der Waals surface area contributed by atoms with Gasteiger partial charge in [0.15, 0.2) is 0 Å². The molecule has 2 heterocycles. The van der Waals surface area contributed by atoms with Crippen molar-refractivity contribution in [1.82, 2.24) is 20.1 Å². The second kappa shape index (κ2) is 9.47. The van der Waals surface area contributed by atoms with Gasteiger partial charge in [0.1, 0.15) is 5.82 Å². The van der Waals surface area contributed by atoms with Crippen molar-refractivity contribution in [3.63, 3.8) is 0 Å².